The minimum atomic E-state index is -3.25. The van der Waals surface area contributed by atoms with Gasteiger partial charge in [0.1, 0.15) is 5.76 Å². The predicted octanol–water partition coefficient (Wildman–Crippen LogP) is 0.0768. The normalized spacial score (nSPS) is 22.3. The second kappa shape index (κ2) is 7.31. The third-order valence-electron chi connectivity index (χ3n) is 4.06. The fourth-order valence-corrected chi connectivity index (χ4v) is 3.78. The highest BCUT2D eigenvalue weighted by molar-refractivity contribution is 7.88. The number of aromatic amines is 1. The average molecular weight is 345 g/mol. The number of aryl methyl sites for hydroxylation is 1. The molecule has 0 bridgehead atoms. The summed E-state index contributed by atoms with van der Waals surface area (Å²) in [6.07, 6.45) is 3.50. The Morgan fingerprint density at radius 1 is 1.48 bits per heavy atom. The summed E-state index contributed by atoms with van der Waals surface area (Å²) in [5.41, 5.74) is -0.331. The molecule has 1 fully saturated rings. The van der Waals surface area contributed by atoms with Crippen LogP contribution in [-0.2, 0) is 21.2 Å². The van der Waals surface area contributed by atoms with E-state index in [0.717, 1.165) is 12.8 Å². The van der Waals surface area contributed by atoms with Gasteiger partial charge in [0, 0.05) is 38.0 Å². The third kappa shape index (κ3) is 4.93. The molecule has 0 saturated carbocycles. The van der Waals surface area contributed by atoms with Gasteiger partial charge in [-0.15, -0.1) is 0 Å². The van der Waals surface area contributed by atoms with Gasteiger partial charge in [0.25, 0.3) is 5.56 Å². The maximum Gasteiger partial charge on any atom is 0.280 e. The number of H-pyrrole nitrogens is 1. The van der Waals surface area contributed by atoms with Crippen molar-refractivity contribution in [2.75, 3.05) is 19.3 Å². The summed E-state index contributed by atoms with van der Waals surface area (Å²) >= 11 is 0. The van der Waals surface area contributed by atoms with Crippen LogP contribution in [0.4, 0.5) is 0 Å². The molecule has 0 aromatic carbocycles. The summed E-state index contributed by atoms with van der Waals surface area (Å²) in [4.78, 5) is 23.0. The van der Waals surface area contributed by atoms with Crippen LogP contribution in [0.1, 0.15) is 31.9 Å². The smallest absolute Gasteiger partial charge is 0.280 e. The van der Waals surface area contributed by atoms with E-state index >= 15 is 0 Å². The molecule has 0 radical (unpaired) electrons. The summed E-state index contributed by atoms with van der Waals surface area (Å²) in [6.45, 7) is 2.80. The summed E-state index contributed by atoms with van der Waals surface area (Å²) in [6, 6.07) is 1.14. The van der Waals surface area contributed by atoms with E-state index < -0.39 is 10.0 Å². The fourth-order valence-electron chi connectivity index (χ4n) is 2.89. The number of carbonyl (C=O) groups is 1. The van der Waals surface area contributed by atoms with Crippen LogP contribution in [0.15, 0.2) is 15.4 Å². The van der Waals surface area contributed by atoms with Crippen LogP contribution in [0.2, 0.25) is 0 Å². The maximum atomic E-state index is 12.1. The first-order valence-electron chi connectivity index (χ1n) is 7.71. The number of rotatable bonds is 7. The van der Waals surface area contributed by atoms with Crippen molar-refractivity contribution >= 4 is 15.9 Å². The third-order valence-corrected chi connectivity index (χ3v) is 5.29. The topological polar surface area (TPSA) is 112 Å². The monoisotopic (exact) mass is 345 g/mol. The molecule has 8 nitrogen and oxygen atoms in total. The number of hydrogen-bond donors (Lipinski definition) is 2. The molecule has 9 heteroatoms. The molecule has 1 aromatic rings. The molecule has 1 aliphatic rings. The highest BCUT2D eigenvalue weighted by Gasteiger charge is 2.37. The minimum absolute atomic E-state index is 0.129. The van der Waals surface area contributed by atoms with Gasteiger partial charge in [-0.2, -0.15) is 9.46 Å². The van der Waals surface area contributed by atoms with E-state index in [9.17, 15) is 18.0 Å². The Hall–Kier alpha value is -1.61. The number of carbonyl (C=O) groups excluding carboxylic acids is 1. The van der Waals surface area contributed by atoms with Crippen molar-refractivity contribution in [3.63, 3.8) is 0 Å². The highest BCUT2D eigenvalue weighted by Crippen LogP contribution is 2.23. The van der Waals surface area contributed by atoms with Crippen LogP contribution < -0.4 is 10.9 Å². The van der Waals surface area contributed by atoms with Gasteiger partial charge in [0.05, 0.1) is 6.26 Å². The molecule has 1 saturated heterocycles. The number of amides is 1. The molecule has 2 heterocycles. The van der Waals surface area contributed by atoms with Crippen molar-refractivity contribution in [2.24, 2.45) is 5.92 Å². The van der Waals surface area contributed by atoms with E-state index in [1.165, 1.54) is 16.6 Å². The summed E-state index contributed by atoms with van der Waals surface area (Å²) in [5.74, 6) is 0.388. The molecule has 0 spiro atoms. The lowest BCUT2D eigenvalue weighted by Gasteiger charge is -2.19. The largest absolute Gasteiger partial charge is 0.384 e. The molecule has 0 unspecified atom stereocenters. The lowest BCUT2D eigenvalue weighted by molar-refractivity contribution is -0.122. The minimum Gasteiger partial charge on any atom is -0.384 e. The van der Waals surface area contributed by atoms with E-state index in [4.69, 9.17) is 4.52 Å². The number of nitrogens with one attached hydrogen (secondary N) is 2. The molecular weight excluding hydrogens is 322 g/mol. The van der Waals surface area contributed by atoms with Crippen molar-refractivity contribution in [1.82, 2.24) is 14.8 Å². The first kappa shape index (κ1) is 17.7. The number of aromatic nitrogens is 1. The molecule has 1 amide bonds. The summed E-state index contributed by atoms with van der Waals surface area (Å²) in [5, 5.41) is 5.09. The van der Waals surface area contributed by atoms with Crippen molar-refractivity contribution in [1.29, 1.82) is 0 Å². The van der Waals surface area contributed by atoms with Gasteiger partial charge in [-0.05, 0) is 12.3 Å². The fraction of sp³-hybridized carbons (Fsp3) is 0.714. The first-order chi connectivity index (χ1) is 10.8. The molecule has 1 aromatic heterocycles. The van der Waals surface area contributed by atoms with E-state index in [1.54, 1.807) is 0 Å². The van der Waals surface area contributed by atoms with Crippen LogP contribution in [0.3, 0.4) is 0 Å². The van der Waals surface area contributed by atoms with Crippen molar-refractivity contribution < 1.29 is 17.7 Å². The van der Waals surface area contributed by atoms with Crippen LogP contribution in [0.25, 0.3) is 0 Å². The zero-order valence-electron chi connectivity index (χ0n) is 13.4. The van der Waals surface area contributed by atoms with E-state index in [2.05, 4.69) is 10.5 Å². The molecule has 0 aliphatic carbocycles. The Labute approximate surface area is 135 Å². The molecule has 2 atom stereocenters. The summed E-state index contributed by atoms with van der Waals surface area (Å²) < 4.78 is 29.7. The van der Waals surface area contributed by atoms with Gasteiger partial charge in [-0.3, -0.25) is 9.59 Å². The van der Waals surface area contributed by atoms with Gasteiger partial charge >= 0.3 is 0 Å². The molecule has 1 aliphatic heterocycles. The zero-order valence-corrected chi connectivity index (χ0v) is 14.2. The van der Waals surface area contributed by atoms with Crippen LogP contribution >= 0.6 is 0 Å². The van der Waals surface area contributed by atoms with E-state index in [0.29, 0.717) is 25.3 Å². The van der Waals surface area contributed by atoms with Crippen LogP contribution in [-0.4, -0.2) is 49.2 Å². The van der Waals surface area contributed by atoms with Crippen molar-refractivity contribution in [3.05, 3.63) is 22.2 Å². The molecule has 130 valence electrons. The maximum absolute atomic E-state index is 12.1. The molecule has 2 rings (SSSR count). The Morgan fingerprint density at radius 3 is 2.78 bits per heavy atom. The highest BCUT2D eigenvalue weighted by atomic mass is 32.2. The first-order valence-corrected chi connectivity index (χ1v) is 9.56. The lowest BCUT2D eigenvalue weighted by Crippen LogP contribution is -2.41. The van der Waals surface area contributed by atoms with Crippen LogP contribution in [0, 0.1) is 5.92 Å². The summed E-state index contributed by atoms with van der Waals surface area (Å²) in [7, 11) is -3.25. The second-order valence-corrected chi connectivity index (χ2v) is 7.96. The molecular formula is C14H23N3O5S. The number of nitrogens with zero attached hydrogens (tertiary/aromatic N) is 1. The quantitative estimate of drug-likeness (QED) is 0.726. The van der Waals surface area contributed by atoms with Crippen LogP contribution in [0.5, 0.6) is 0 Å². The van der Waals surface area contributed by atoms with Crippen molar-refractivity contribution in [2.45, 2.75) is 38.6 Å². The van der Waals surface area contributed by atoms with Gasteiger partial charge in [0.15, 0.2) is 0 Å². The Morgan fingerprint density at radius 2 is 2.22 bits per heavy atom. The van der Waals surface area contributed by atoms with Crippen molar-refractivity contribution in [3.8, 4) is 0 Å². The Bertz CT molecular complexity index is 693. The van der Waals surface area contributed by atoms with Gasteiger partial charge < -0.3 is 9.84 Å². The molecule has 2 N–H and O–H groups in total. The average Bonchev–Trinajstić information content (AvgIpc) is 3.04. The SMILES string of the molecule is CCC[C@@H]1CN(S(C)(=O)=O)C[C@H]1NC(=O)CCc1cc(=O)[nH]o1. The van der Waals surface area contributed by atoms with Gasteiger partial charge in [-0.25, -0.2) is 8.42 Å². The Kier molecular flexibility index (Phi) is 5.64. The number of hydrogen-bond acceptors (Lipinski definition) is 5. The second-order valence-electron chi connectivity index (χ2n) is 5.98. The predicted molar refractivity (Wildman–Crippen MR) is 84.4 cm³/mol. The van der Waals surface area contributed by atoms with Gasteiger partial charge in [-0.1, -0.05) is 13.3 Å². The van der Waals surface area contributed by atoms with Gasteiger partial charge in [0.2, 0.25) is 15.9 Å². The number of sulfonamides is 1. The van der Waals surface area contributed by atoms with E-state index in [-0.39, 0.29) is 29.8 Å². The molecule has 23 heavy (non-hydrogen) atoms. The van der Waals surface area contributed by atoms with E-state index in [1.807, 2.05) is 6.92 Å². The zero-order chi connectivity index (χ0) is 17.0. The standard InChI is InChI=1S/C14H23N3O5S/c1-3-4-10-8-17(23(2,20)21)9-12(10)15-13(18)6-5-11-7-14(19)16-22-11/h7,10,12H,3-6,8-9H2,1-2H3,(H,15,18)(H,16,19)/t10-,12-/m1/s1. The Balaban J connectivity index is 1.91. The lowest BCUT2D eigenvalue weighted by atomic mass is 9.98.